The molecule has 1 fully saturated rings. The van der Waals surface area contributed by atoms with Gasteiger partial charge in [0, 0.05) is 0 Å². The number of benzene rings is 2. The third-order valence-electron chi connectivity index (χ3n) is 4.35. The lowest BCUT2D eigenvalue weighted by Gasteiger charge is -2.16. The van der Waals surface area contributed by atoms with Crippen LogP contribution in [0, 0.1) is 0 Å². The second-order valence-corrected chi connectivity index (χ2v) is 7.55. The highest BCUT2D eigenvalue weighted by Crippen LogP contribution is 2.38. The first kappa shape index (κ1) is 22.5. The van der Waals surface area contributed by atoms with Crippen LogP contribution in [0.25, 0.3) is 0 Å². The van der Waals surface area contributed by atoms with Gasteiger partial charge in [-0.3, -0.25) is 14.9 Å². The van der Waals surface area contributed by atoms with E-state index >= 15 is 0 Å². The van der Waals surface area contributed by atoms with Crippen molar-refractivity contribution >= 4 is 28.9 Å². The molecule has 0 radical (unpaired) electrons. The number of carbonyl (C=O) groups is 3. The fraction of sp³-hybridized carbons (Fsp3) is 0.250. The fourth-order valence-corrected chi connectivity index (χ4v) is 3.76. The molecular formula is C20H16F3NO6S. The van der Waals surface area contributed by atoms with Crippen LogP contribution in [0.15, 0.2) is 36.4 Å². The minimum atomic E-state index is -4.80. The number of amides is 2. The molecule has 0 spiro atoms. The number of nitrogens with one attached hydrogen (secondary N) is 1. The van der Waals surface area contributed by atoms with Gasteiger partial charge in [-0.25, -0.2) is 4.79 Å². The number of ether oxygens (including phenoxy) is 3. The number of imide groups is 1. The molecule has 1 aliphatic rings. The molecule has 0 saturated carbocycles. The Morgan fingerprint density at radius 2 is 1.84 bits per heavy atom. The zero-order valence-corrected chi connectivity index (χ0v) is 17.1. The molecule has 0 aromatic heterocycles. The molecule has 1 atom stereocenters. The van der Waals surface area contributed by atoms with Crippen LogP contribution in [0.2, 0.25) is 0 Å². The molecule has 164 valence electrons. The summed E-state index contributed by atoms with van der Waals surface area (Å²) in [6.07, 6.45) is -4.54. The first-order chi connectivity index (χ1) is 14.6. The average Bonchev–Trinajstić information content (AvgIpc) is 3.04. The summed E-state index contributed by atoms with van der Waals surface area (Å²) in [5.41, 5.74) is -1.16. The summed E-state index contributed by atoms with van der Waals surface area (Å²) in [7, 11) is 2.34. The quantitative estimate of drug-likeness (QED) is 0.654. The van der Waals surface area contributed by atoms with E-state index in [0.717, 1.165) is 24.9 Å². The second-order valence-electron chi connectivity index (χ2n) is 6.37. The fourth-order valence-electron chi connectivity index (χ4n) is 2.90. The topological polar surface area (TPSA) is 90.9 Å². The van der Waals surface area contributed by atoms with Crippen LogP contribution in [-0.2, 0) is 22.1 Å². The van der Waals surface area contributed by atoms with E-state index in [2.05, 4.69) is 10.1 Å². The molecule has 3 rings (SSSR count). The normalized spacial score (nSPS) is 16.1. The maximum Gasteiger partial charge on any atom is 0.417 e. The van der Waals surface area contributed by atoms with Crippen LogP contribution in [0.4, 0.5) is 18.0 Å². The molecule has 11 heteroatoms. The molecular weight excluding hydrogens is 439 g/mol. The largest absolute Gasteiger partial charge is 0.493 e. The van der Waals surface area contributed by atoms with Gasteiger partial charge in [-0.15, -0.1) is 0 Å². The predicted molar refractivity (Wildman–Crippen MR) is 104 cm³/mol. The number of hydrogen-bond donors (Lipinski definition) is 1. The average molecular weight is 455 g/mol. The van der Waals surface area contributed by atoms with Crippen LogP contribution >= 0.6 is 11.8 Å². The highest BCUT2D eigenvalue weighted by atomic mass is 32.2. The van der Waals surface area contributed by atoms with Gasteiger partial charge >= 0.3 is 12.1 Å². The lowest BCUT2D eigenvalue weighted by Crippen LogP contribution is -2.25. The highest BCUT2D eigenvalue weighted by Gasteiger charge is 2.36. The third-order valence-corrected chi connectivity index (χ3v) is 5.33. The lowest BCUT2D eigenvalue weighted by atomic mass is 10.1. The van der Waals surface area contributed by atoms with Crippen LogP contribution < -0.4 is 14.8 Å². The Hall–Kier alpha value is -3.21. The summed E-state index contributed by atoms with van der Waals surface area (Å²) in [6.45, 7) is 0. The van der Waals surface area contributed by atoms with Gasteiger partial charge in [0.2, 0.25) is 5.91 Å². The number of rotatable bonds is 6. The van der Waals surface area contributed by atoms with Crippen molar-refractivity contribution in [2.24, 2.45) is 0 Å². The van der Waals surface area contributed by atoms with Crippen molar-refractivity contribution in [3.05, 3.63) is 53.1 Å². The minimum Gasteiger partial charge on any atom is -0.493 e. The zero-order chi connectivity index (χ0) is 22.8. The summed E-state index contributed by atoms with van der Waals surface area (Å²) in [4.78, 5) is 34.7. The van der Waals surface area contributed by atoms with E-state index in [1.807, 2.05) is 0 Å². The van der Waals surface area contributed by atoms with Crippen molar-refractivity contribution < 1.29 is 41.8 Å². The Labute approximate surface area is 178 Å². The molecule has 0 bridgehead atoms. The van der Waals surface area contributed by atoms with Gasteiger partial charge in [0.05, 0.1) is 30.6 Å². The molecule has 2 aromatic rings. The number of halogens is 3. The van der Waals surface area contributed by atoms with E-state index in [1.165, 1.54) is 19.2 Å². The van der Waals surface area contributed by atoms with E-state index in [0.29, 0.717) is 11.6 Å². The van der Waals surface area contributed by atoms with Gasteiger partial charge in [-0.1, -0.05) is 17.8 Å². The predicted octanol–water partition coefficient (Wildman–Crippen LogP) is 4.19. The molecule has 2 amide bonds. The number of esters is 1. The van der Waals surface area contributed by atoms with Crippen molar-refractivity contribution in [1.82, 2.24) is 5.32 Å². The highest BCUT2D eigenvalue weighted by molar-refractivity contribution is 8.15. The Balaban J connectivity index is 1.86. The summed E-state index contributed by atoms with van der Waals surface area (Å²) in [5, 5.41) is 1.20. The molecule has 1 N–H and O–H groups in total. The smallest absolute Gasteiger partial charge is 0.417 e. The van der Waals surface area contributed by atoms with Crippen LogP contribution in [0.5, 0.6) is 17.2 Å². The number of hydrogen-bond acceptors (Lipinski definition) is 7. The number of methoxy groups -OCH3 is 2. The lowest BCUT2D eigenvalue weighted by molar-refractivity contribution is -0.138. The van der Waals surface area contributed by atoms with Gasteiger partial charge in [0.15, 0.2) is 11.5 Å². The van der Waals surface area contributed by atoms with E-state index in [1.54, 1.807) is 12.1 Å². The number of thioether (sulfide) groups is 1. The maximum atomic E-state index is 13.4. The zero-order valence-electron chi connectivity index (χ0n) is 16.2. The molecule has 31 heavy (non-hydrogen) atoms. The Morgan fingerprint density at radius 3 is 2.42 bits per heavy atom. The maximum absolute atomic E-state index is 13.4. The van der Waals surface area contributed by atoms with Crippen molar-refractivity contribution in [3.63, 3.8) is 0 Å². The summed E-state index contributed by atoms with van der Waals surface area (Å²) < 4.78 is 55.3. The van der Waals surface area contributed by atoms with E-state index in [-0.39, 0.29) is 29.6 Å². The van der Waals surface area contributed by atoms with E-state index < -0.39 is 33.8 Å². The van der Waals surface area contributed by atoms with Crippen molar-refractivity contribution in [3.8, 4) is 17.2 Å². The van der Waals surface area contributed by atoms with Gasteiger partial charge in [-0.05, 0) is 42.3 Å². The summed E-state index contributed by atoms with van der Waals surface area (Å²) in [6, 6.07) is 7.54. The van der Waals surface area contributed by atoms with Crippen LogP contribution in [0.1, 0.15) is 21.5 Å². The SMILES string of the molecule is COC(=O)c1ccc(Oc2ccc(CC3SC(=O)NC3=O)cc2OC)cc1C(F)(F)F. The molecule has 0 aliphatic carbocycles. The molecule has 1 saturated heterocycles. The first-order valence-electron chi connectivity index (χ1n) is 8.78. The van der Waals surface area contributed by atoms with Crippen molar-refractivity contribution in [2.75, 3.05) is 14.2 Å². The Bertz CT molecular complexity index is 1040. The first-order valence-corrected chi connectivity index (χ1v) is 9.66. The van der Waals surface area contributed by atoms with Gasteiger partial charge in [0.1, 0.15) is 5.75 Å². The number of alkyl halides is 3. The Kier molecular flexibility index (Phi) is 6.44. The molecule has 7 nitrogen and oxygen atoms in total. The van der Waals surface area contributed by atoms with E-state index in [4.69, 9.17) is 9.47 Å². The van der Waals surface area contributed by atoms with Gasteiger partial charge in [0.25, 0.3) is 5.24 Å². The van der Waals surface area contributed by atoms with Crippen LogP contribution in [0.3, 0.4) is 0 Å². The summed E-state index contributed by atoms with van der Waals surface area (Å²) in [5.74, 6) is -1.32. The minimum absolute atomic E-state index is 0.129. The molecule has 1 heterocycles. The standard InChI is InChI=1S/C20H16F3NO6S/c1-28-15-7-10(8-16-17(25)24-19(27)31-16)3-6-14(15)30-11-4-5-12(18(26)29-2)13(9-11)20(21,22)23/h3-7,9,16H,8H2,1-2H3,(H,24,25,27). The van der Waals surface area contributed by atoms with Crippen LogP contribution in [-0.4, -0.2) is 36.6 Å². The summed E-state index contributed by atoms with van der Waals surface area (Å²) >= 11 is 0.882. The number of carbonyl (C=O) groups excluding carboxylic acids is 3. The molecule has 1 unspecified atom stereocenters. The van der Waals surface area contributed by atoms with Crippen molar-refractivity contribution in [2.45, 2.75) is 17.8 Å². The Morgan fingerprint density at radius 1 is 1.10 bits per heavy atom. The van der Waals surface area contributed by atoms with Crippen molar-refractivity contribution in [1.29, 1.82) is 0 Å². The van der Waals surface area contributed by atoms with Gasteiger partial charge < -0.3 is 14.2 Å². The van der Waals surface area contributed by atoms with Gasteiger partial charge in [-0.2, -0.15) is 13.2 Å². The third kappa shape index (κ3) is 5.10. The molecule has 1 aliphatic heterocycles. The molecule has 2 aromatic carbocycles. The van der Waals surface area contributed by atoms with E-state index in [9.17, 15) is 27.6 Å². The second kappa shape index (κ2) is 8.88. The monoisotopic (exact) mass is 455 g/mol.